The summed E-state index contributed by atoms with van der Waals surface area (Å²) in [5.74, 6) is 0. The number of hydrogen-bond donors (Lipinski definition) is 1. The minimum atomic E-state index is 0.159. The van der Waals surface area contributed by atoms with Gasteiger partial charge in [0.05, 0.1) is 18.8 Å². The number of hydrogen-bond acceptors (Lipinski definition) is 4. The van der Waals surface area contributed by atoms with Crippen LogP contribution in [0.3, 0.4) is 0 Å². The molecule has 1 aliphatic heterocycles. The summed E-state index contributed by atoms with van der Waals surface area (Å²) < 4.78 is 10.8. The average molecular weight is 189 g/mol. The monoisotopic (exact) mass is 189 g/mol. The fraction of sp³-hybridized carbons (Fsp3) is 1.00. The standard InChI is InChI=1S/C9H19NO3/c1-3-13-9-7-10(4-5-11)6-8(9)12-2/h8-9,11H,3-7H2,1-2H3/t8-,9-/m1/s1. The Hall–Kier alpha value is -0.160. The maximum absolute atomic E-state index is 8.78. The number of β-amino-alcohol motifs (C(OH)–C–C–N with tert-alkyl or cyclic N) is 1. The van der Waals surface area contributed by atoms with Gasteiger partial charge in [-0.05, 0) is 6.92 Å². The number of methoxy groups -OCH3 is 1. The van der Waals surface area contributed by atoms with E-state index in [-0.39, 0.29) is 18.8 Å². The van der Waals surface area contributed by atoms with E-state index in [1.165, 1.54) is 0 Å². The average Bonchev–Trinajstić information content (AvgIpc) is 2.49. The van der Waals surface area contributed by atoms with E-state index in [4.69, 9.17) is 14.6 Å². The molecule has 1 saturated heterocycles. The lowest BCUT2D eigenvalue weighted by atomic mass is 10.2. The van der Waals surface area contributed by atoms with Gasteiger partial charge in [0, 0.05) is 33.4 Å². The zero-order valence-electron chi connectivity index (χ0n) is 8.40. The van der Waals surface area contributed by atoms with Crippen LogP contribution in [0.4, 0.5) is 0 Å². The van der Waals surface area contributed by atoms with Gasteiger partial charge in [0.25, 0.3) is 0 Å². The zero-order chi connectivity index (χ0) is 9.68. The molecule has 0 aromatic carbocycles. The molecule has 1 N–H and O–H groups in total. The highest BCUT2D eigenvalue weighted by Crippen LogP contribution is 2.15. The van der Waals surface area contributed by atoms with Crippen LogP contribution in [0.2, 0.25) is 0 Å². The predicted molar refractivity (Wildman–Crippen MR) is 49.7 cm³/mol. The topological polar surface area (TPSA) is 41.9 Å². The van der Waals surface area contributed by atoms with Crippen LogP contribution in [0, 0.1) is 0 Å². The van der Waals surface area contributed by atoms with Gasteiger partial charge in [-0.25, -0.2) is 0 Å². The highest BCUT2D eigenvalue weighted by atomic mass is 16.5. The Morgan fingerprint density at radius 2 is 2.08 bits per heavy atom. The lowest BCUT2D eigenvalue weighted by molar-refractivity contribution is -0.0233. The zero-order valence-corrected chi connectivity index (χ0v) is 8.40. The van der Waals surface area contributed by atoms with Crippen LogP contribution in [0.25, 0.3) is 0 Å². The molecule has 0 aromatic heterocycles. The second-order valence-electron chi connectivity index (χ2n) is 3.25. The normalized spacial score (nSPS) is 29.8. The summed E-state index contributed by atoms with van der Waals surface area (Å²) >= 11 is 0. The molecule has 1 heterocycles. The summed E-state index contributed by atoms with van der Waals surface area (Å²) in [6, 6.07) is 0. The van der Waals surface area contributed by atoms with Gasteiger partial charge in [-0.3, -0.25) is 4.90 Å². The van der Waals surface area contributed by atoms with Crippen molar-refractivity contribution in [3.05, 3.63) is 0 Å². The molecule has 4 heteroatoms. The van der Waals surface area contributed by atoms with Crippen LogP contribution in [0.5, 0.6) is 0 Å². The van der Waals surface area contributed by atoms with E-state index < -0.39 is 0 Å². The summed E-state index contributed by atoms with van der Waals surface area (Å²) in [5.41, 5.74) is 0. The lowest BCUT2D eigenvalue weighted by Crippen LogP contribution is -2.28. The lowest BCUT2D eigenvalue weighted by Gasteiger charge is -2.16. The maximum atomic E-state index is 8.78. The molecule has 1 rings (SSSR count). The number of likely N-dealkylation sites (tertiary alicyclic amines) is 1. The third-order valence-electron chi connectivity index (χ3n) is 2.39. The predicted octanol–water partition coefficient (Wildman–Crippen LogP) is -0.286. The second-order valence-corrected chi connectivity index (χ2v) is 3.25. The van der Waals surface area contributed by atoms with Gasteiger partial charge in [-0.2, -0.15) is 0 Å². The van der Waals surface area contributed by atoms with Gasteiger partial charge < -0.3 is 14.6 Å². The van der Waals surface area contributed by atoms with Gasteiger partial charge in [0.15, 0.2) is 0 Å². The molecule has 0 bridgehead atoms. The third kappa shape index (κ3) is 2.91. The molecule has 0 saturated carbocycles. The smallest absolute Gasteiger partial charge is 0.0975 e. The van der Waals surface area contributed by atoms with Crippen molar-refractivity contribution in [3.8, 4) is 0 Å². The minimum absolute atomic E-state index is 0.159. The molecule has 0 aliphatic carbocycles. The molecule has 4 nitrogen and oxygen atoms in total. The van der Waals surface area contributed by atoms with Crippen molar-refractivity contribution in [1.82, 2.24) is 4.90 Å². The third-order valence-corrected chi connectivity index (χ3v) is 2.39. The van der Waals surface area contributed by atoms with Crippen LogP contribution in [0.15, 0.2) is 0 Å². The van der Waals surface area contributed by atoms with Crippen molar-refractivity contribution in [1.29, 1.82) is 0 Å². The van der Waals surface area contributed by atoms with E-state index in [0.717, 1.165) is 19.7 Å². The summed E-state index contributed by atoms with van der Waals surface area (Å²) in [7, 11) is 1.71. The van der Waals surface area contributed by atoms with Gasteiger partial charge in [-0.15, -0.1) is 0 Å². The van der Waals surface area contributed by atoms with Crippen molar-refractivity contribution in [2.75, 3.05) is 40.0 Å². The first-order chi connectivity index (χ1) is 6.31. The summed E-state index contributed by atoms with van der Waals surface area (Å²) in [5, 5.41) is 8.78. The Labute approximate surface area is 79.4 Å². The number of rotatable bonds is 5. The Balaban J connectivity index is 2.36. The van der Waals surface area contributed by atoms with Crippen LogP contribution in [-0.2, 0) is 9.47 Å². The maximum Gasteiger partial charge on any atom is 0.0975 e. The highest BCUT2D eigenvalue weighted by Gasteiger charge is 2.32. The Morgan fingerprint density at radius 1 is 1.38 bits per heavy atom. The molecular weight excluding hydrogens is 170 g/mol. The van der Waals surface area contributed by atoms with Crippen molar-refractivity contribution in [3.63, 3.8) is 0 Å². The van der Waals surface area contributed by atoms with E-state index in [1.54, 1.807) is 7.11 Å². The van der Waals surface area contributed by atoms with Gasteiger partial charge >= 0.3 is 0 Å². The first-order valence-electron chi connectivity index (χ1n) is 4.79. The van der Waals surface area contributed by atoms with Gasteiger partial charge in [-0.1, -0.05) is 0 Å². The van der Waals surface area contributed by atoms with E-state index in [0.29, 0.717) is 6.54 Å². The van der Waals surface area contributed by atoms with Crippen molar-refractivity contribution in [2.45, 2.75) is 19.1 Å². The SMILES string of the molecule is CCO[C@@H]1CN(CCO)C[C@H]1OC. The van der Waals surface area contributed by atoms with E-state index in [1.807, 2.05) is 6.92 Å². The van der Waals surface area contributed by atoms with E-state index in [2.05, 4.69) is 4.90 Å². The second kappa shape index (κ2) is 5.54. The van der Waals surface area contributed by atoms with E-state index in [9.17, 15) is 0 Å². The Morgan fingerprint density at radius 3 is 2.62 bits per heavy atom. The summed E-state index contributed by atoms with van der Waals surface area (Å²) in [6.07, 6.45) is 0.327. The molecule has 1 fully saturated rings. The number of aliphatic hydroxyl groups excluding tert-OH is 1. The molecule has 13 heavy (non-hydrogen) atoms. The molecule has 0 unspecified atom stereocenters. The van der Waals surface area contributed by atoms with E-state index >= 15 is 0 Å². The molecule has 0 aromatic rings. The van der Waals surface area contributed by atoms with Crippen molar-refractivity contribution in [2.24, 2.45) is 0 Å². The van der Waals surface area contributed by atoms with Gasteiger partial charge in [0.1, 0.15) is 0 Å². The number of ether oxygens (including phenoxy) is 2. The number of nitrogens with zero attached hydrogens (tertiary/aromatic N) is 1. The largest absolute Gasteiger partial charge is 0.395 e. The quantitative estimate of drug-likeness (QED) is 0.645. The molecule has 2 atom stereocenters. The van der Waals surface area contributed by atoms with Crippen LogP contribution in [0.1, 0.15) is 6.92 Å². The molecule has 0 spiro atoms. The van der Waals surface area contributed by atoms with Crippen LogP contribution >= 0.6 is 0 Å². The molecule has 0 radical (unpaired) electrons. The summed E-state index contributed by atoms with van der Waals surface area (Å²) in [4.78, 5) is 2.16. The van der Waals surface area contributed by atoms with Gasteiger partial charge in [0.2, 0.25) is 0 Å². The number of aliphatic hydroxyl groups is 1. The Bertz CT molecular complexity index is 143. The fourth-order valence-corrected chi connectivity index (χ4v) is 1.74. The molecule has 1 aliphatic rings. The molecular formula is C9H19NO3. The first kappa shape index (κ1) is 10.9. The van der Waals surface area contributed by atoms with Crippen molar-refractivity contribution >= 4 is 0 Å². The van der Waals surface area contributed by atoms with Crippen LogP contribution < -0.4 is 0 Å². The van der Waals surface area contributed by atoms with Crippen LogP contribution in [-0.4, -0.2) is 62.2 Å². The van der Waals surface area contributed by atoms with Crippen molar-refractivity contribution < 1.29 is 14.6 Å². The highest BCUT2D eigenvalue weighted by molar-refractivity contribution is 4.85. The Kier molecular flexibility index (Phi) is 4.66. The molecule has 0 amide bonds. The summed E-state index contributed by atoms with van der Waals surface area (Å²) in [6.45, 7) is 5.35. The molecule has 78 valence electrons. The first-order valence-corrected chi connectivity index (χ1v) is 4.79. The minimum Gasteiger partial charge on any atom is -0.395 e. The fourth-order valence-electron chi connectivity index (χ4n) is 1.74.